The van der Waals surface area contributed by atoms with Gasteiger partial charge in [0.15, 0.2) is 0 Å². The summed E-state index contributed by atoms with van der Waals surface area (Å²) in [7, 11) is 0. The molecular weight excluding hydrogens is 430 g/mol. The number of nitrogens with one attached hydrogen (secondary N) is 4. The van der Waals surface area contributed by atoms with E-state index in [1.807, 2.05) is 13.8 Å². The number of carboxylic acid groups (broad SMARTS) is 1. The summed E-state index contributed by atoms with van der Waals surface area (Å²) in [6, 6.07) is -3.91. The zero-order valence-electron chi connectivity index (χ0n) is 19.5. The topological polar surface area (TPSA) is 205 Å². The lowest BCUT2D eigenvalue weighted by atomic mass is 10.0. The summed E-state index contributed by atoms with van der Waals surface area (Å²) >= 11 is 0. The molecule has 0 radical (unpaired) electrons. The molecule has 0 aliphatic rings. The molecule has 1 aromatic heterocycles. The van der Waals surface area contributed by atoms with Gasteiger partial charge in [0.2, 0.25) is 17.7 Å². The molecule has 33 heavy (non-hydrogen) atoms. The first-order valence-electron chi connectivity index (χ1n) is 11.1. The lowest BCUT2D eigenvalue weighted by molar-refractivity contribution is -0.142. The summed E-state index contributed by atoms with van der Waals surface area (Å²) in [4.78, 5) is 56.4. The van der Waals surface area contributed by atoms with Gasteiger partial charge in [-0.15, -0.1) is 0 Å². The number of amides is 3. The van der Waals surface area contributed by atoms with Crippen molar-refractivity contribution in [2.45, 2.75) is 77.0 Å². The van der Waals surface area contributed by atoms with Crippen LogP contribution in [0, 0.1) is 5.92 Å². The number of hydrogen-bond acceptors (Lipinski definition) is 7. The van der Waals surface area contributed by atoms with E-state index in [0.717, 1.165) is 0 Å². The predicted octanol–water partition coefficient (Wildman–Crippen LogP) is -0.986. The number of imidazole rings is 1. The number of unbranched alkanes of at least 4 members (excludes halogenated alkanes) is 1. The highest BCUT2D eigenvalue weighted by atomic mass is 16.4. The second-order valence-corrected chi connectivity index (χ2v) is 8.51. The van der Waals surface area contributed by atoms with Crippen molar-refractivity contribution in [1.82, 2.24) is 25.9 Å². The Labute approximate surface area is 193 Å². The van der Waals surface area contributed by atoms with Crippen LogP contribution in [0.5, 0.6) is 0 Å². The number of H-pyrrole nitrogens is 1. The number of rotatable bonds is 15. The van der Waals surface area contributed by atoms with Crippen molar-refractivity contribution in [3.63, 3.8) is 0 Å². The van der Waals surface area contributed by atoms with Crippen LogP contribution in [-0.2, 0) is 25.6 Å². The molecule has 4 atom stereocenters. The Bertz CT molecular complexity index is 767. The molecule has 3 amide bonds. The number of carbonyl (C=O) groups excluding carboxylic acids is 3. The summed E-state index contributed by atoms with van der Waals surface area (Å²) in [5, 5.41) is 17.2. The van der Waals surface area contributed by atoms with E-state index in [0.29, 0.717) is 25.1 Å². The van der Waals surface area contributed by atoms with E-state index in [1.54, 1.807) is 0 Å². The van der Waals surface area contributed by atoms with Crippen LogP contribution in [0.25, 0.3) is 0 Å². The first kappa shape index (κ1) is 28.0. The summed E-state index contributed by atoms with van der Waals surface area (Å²) in [6.45, 7) is 5.67. The Hall–Kier alpha value is -2.99. The second-order valence-electron chi connectivity index (χ2n) is 8.51. The predicted molar refractivity (Wildman–Crippen MR) is 122 cm³/mol. The first-order chi connectivity index (χ1) is 15.5. The van der Waals surface area contributed by atoms with Gasteiger partial charge in [-0.3, -0.25) is 14.4 Å². The van der Waals surface area contributed by atoms with Crippen LogP contribution >= 0.6 is 0 Å². The molecule has 12 nitrogen and oxygen atoms in total. The van der Waals surface area contributed by atoms with E-state index < -0.39 is 47.9 Å². The smallest absolute Gasteiger partial charge is 0.326 e. The van der Waals surface area contributed by atoms with Crippen molar-refractivity contribution in [1.29, 1.82) is 0 Å². The number of carboxylic acids is 1. The number of nitrogens with zero attached hydrogens (tertiary/aromatic N) is 1. The van der Waals surface area contributed by atoms with Crippen LogP contribution in [0.2, 0.25) is 0 Å². The van der Waals surface area contributed by atoms with E-state index in [4.69, 9.17) is 11.5 Å². The summed E-state index contributed by atoms with van der Waals surface area (Å²) in [6.07, 6.45) is 4.78. The Morgan fingerprint density at radius 1 is 1.00 bits per heavy atom. The van der Waals surface area contributed by atoms with Crippen LogP contribution in [0.15, 0.2) is 12.5 Å². The Kier molecular flexibility index (Phi) is 12.1. The van der Waals surface area contributed by atoms with Gasteiger partial charge in [-0.2, -0.15) is 0 Å². The second kappa shape index (κ2) is 14.2. The minimum atomic E-state index is -1.16. The highest BCUT2D eigenvalue weighted by Gasteiger charge is 2.30. The molecule has 9 N–H and O–H groups in total. The normalized spacial score (nSPS) is 14.7. The number of aromatic nitrogens is 2. The van der Waals surface area contributed by atoms with Gasteiger partial charge in [-0.05, 0) is 45.1 Å². The molecule has 1 aromatic rings. The minimum absolute atomic E-state index is 0.0336. The summed E-state index contributed by atoms with van der Waals surface area (Å²) < 4.78 is 0. The van der Waals surface area contributed by atoms with Gasteiger partial charge >= 0.3 is 5.97 Å². The maximum Gasteiger partial charge on any atom is 0.326 e. The maximum absolute atomic E-state index is 13.0. The monoisotopic (exact) mass is 467 g/mol. The number of aromatic amines is 1. The molecular formula is C21H37N7O5. The van der Waals surface area contributed by atoms with Crippen molar-refractivity contribution >= 4 is 23.7 Å². The van der Waals surface area contributed by atoms with E-state index in [2.05, 4.69) is 25.9 Å². The Morgan fingerprint density at radius 3 is 2.12 bits per heavy atom. The highest BCUT2D eigenvalue weighted by Crippen LogP contribution is 2.09. The molecule has 0 bridgehead atoms. The standard InChI is InChI=1S/C21H37N7O5/c1-12(2)8-16(19(30)26-15(21(32)33)6-4-5-7-22)28-20(31)17(27-18(29)13(3)23)9-14-10-24-11-25-14/h10-13,15-17H,4-9,22-23H2,1-3H3,(H,24,25)(H,26,30)(H,27,29)(H,28,31)(H,32,33). The molecule has 186 valence electrons. The van der Waals surface area contributed by atoms with E-state index in [-0.39, 0.29) is 25.2 Å². The lowest BCUT2D eigenvalue weighted by Crippen LogP contribution is -2.57. The van der Waals surface area contributed by atoms with Gasteiger partial charge in [-0.1, -0.05) is 13.8 Å². The van der Waals surface area contributed by atoms with Gasteiger partial charge in [0.25, 0.3) is 0 Å². The minimum Gasteiger partial charge on any atom is -0.480 e. The zero-order valence-corrected chi connectivity index (χ0v) is 19.5. The molecule has 0 saturated carbocycles. The largest absolute Gasteiger partial charge is 0.480 e. The fourth-order valence-electron chi connectivity index (χ4n) is 3.13. The van der Waals surface area contributed by atoms with Crippen LogP contribution in [-0.4, -0.2) is 69.5 Å². The quantitative estimate of drug-likeness (QED) is 0.159. The van der Waals surface area contributed by atoms with Gasteiger partial charge < -0.3 is 37.5 Å². The molecule has 0 aliphatic carbocycles. The number of carbonyl (C=O) groups is 4. The van der Waals surface area contributed by atoms with Gasteiger partial charge in [0, 0.05) is 18.3 Å². The molecule has 1 heterocycles. The van der Waals surface area contributed by atoms with Crippen LogP contribution in [0.3, 0.4) is 0 Å². The van der Waals surface area contributed by atoms with Crippen LogP contribution in [0.1, 0.15) is 52.1 Å². The number of hydrogen-bond donors (Lipinski definition) is 7. The van der Waals surface area contributed by atoms with Gasteiger partial charge in [0.05, 0.1) is 12.4 Å². The molecule has 0 fully saturated rings. The first-order valence-corrected chi connectivity index (χ1v) is 11.1. The Balaban J connectivity index is 2.96. The van der Waals surface area contributed by atoms with Crippen molar-refractivity contribution < 1.29 is 24.3 Å². The molecule has 0 spiro atoms. The highest BCUT2D eigenvalue weighted by molar-refractivity contribution is 5.94. The molecule has 0 saturated heterocycles. The lowest BCUT2D eigenvalue weighted by Gasteiger charge is -2.25. The molecule has 1 rings (SSSR count). The third kappa shape index (κ3) is 10.4. The van der Waals surface area contributed by atoms with Crippen molar-refractivity contribution in [2.75, 3.05) is 6.54 Å². The van der Waals surface area contributed by atoms with E-state index >= 15 is 0 Å². The molecule has 4 unspecified atom stereocenters. The van der Waals surface area contributed by atoms with Crippen molar-refractivity contribution in [3.8, 4) is 0 Å². The van der Waals surface area contributed by atoms with Crippen LogP contribution < -0.4 is 27.4 Å². The Morgan fingerprint density at radius 2 is 1.61 bits per heavy atom. The fraction of sp³-hybridized carbons (Fsp3) is 0.667. The van der Waals surface area contributed by atoms with Gasteiger partial charge in [0.1, 0.15) is 18.1 Å². The average Bonchev–Trinajstić information content (AvgIpc) is 3.24. The third-order valence-corrected chi connectivity index (χ3v) is 4.93. The average molecular weight is 468 g/mol. The third-order valence-electron chi connectivity index (χ3n) is 4.93. The molecule has 12 heteroatoms. The van der Waals surface area contributed by atoms with Gasteiger partial charge in [-0.25, -0.2) is 9.78 Å². The summed E-state index contributed by atoms with van der Waals surface area (Å²) in [5.41, 5.74) is 11.7. The number of aliphatic carboxylic acids is 1. The molecule has 0 aliphatic heterocycles. The van der Waals surface area contributed by atoms with E-state index in [9.17, 15) is 24.3 Å². The maximum atomic E-state index is 13.0. The fourth-order valence-corrected chi connectivity index (χ4v) is 3.13. The number of nitrogens with two attached hydrogens (primary N) is 2. The zero-order chi connectivity index (χ0) is 25.0. The van der Waals surface area contributed by atoms with Crippen LogP contribution in [0.4, 0.5) is 0 Å². The summed E-state index contributed by atoms with van der Waals surface area (Å²) in [5.74, 6) is -2.83. The van der Waals surface area contributed by atoms with Crippen molar-refractivity contribution in [2.24, 2.45) is 17.4 Å². The van der Waals surface area contributed by atoms with E-state index in [1.165, 1.54) is 19.4 Å². The van der Waals surface area contributed by atoms with Crippen molar-refractivity contribution in [3.05, 3.63) is 18.2 Å². The SMILES string of the molecule is CC(C)CC(NC(=O)C(Cc1cnc[nH]1)NC(=O)C(C)N)C(=O)NC(CCCCN)C(=O)O. The molecule has 0 aromatic carbocycles.